The fraction of sp³-hybridized carbons (Fsp3) is 0.207. The van der Waals surface area contributed by atoms with Gasteiger partial charge in [-0.2, -0.15) is 0 Å². The van der Waals surface area contributed by atoms with Gasteiger partial charge in [-0.25, -0.2) is 13.2 Å². The van der Waals surface area contributed by atoms with Gasteiger partial charge in [0.15, 0.2) is 5.78 Å². The van der Waals surface area contributed by atoms with Gasteiger partial charge in [0.25, 0.3) is 23.6 Å². The molecule has 3 aliphatic rings. The van der Waals surface area contributed by atoms with E-state index in [0.717, 1.165) is 48.8 Å². The summed E-state index contributed by atoms with van der Waals surface area (Å²) in [5.41, 5.74) is 20.2. The van der Waals surface area contributed by atoms with E-state index in [9.17, 15) is 46.7 Å². The van der Waals surface area contributed by atoms with E-state index in [4.69, 9.17) is 60.0 Å². The lowest BCUT2D eigenvalue weighted by Crippen LogP contribution is -2.40. The summed E-state index contributed by atoms with van der Waals surface area (Å²) < 4.78 is 48.3. The number of carbonyl (C=O) groups is 7. The van der Waals surface area contributed by atoms with Gasteiger partial charge in [-0.3, -0.25) is 49.8 Å². The number of carboxylic acids is 2. The van der Waals surface area contributed by atoms with Crippen LogP contribution in [0.5, 0.6) is 5.75 Å². The molecule has 0 fully saturated rings. The Bertz CT molecular complexity index is 3610. The molecule has 6 aromatic carbocycles. The molecule has 14 N–H and O–H groups in total. The quantitative estimate of drug-likeness (QED) is 0.0363. The maximum Gasteiger partial charge on any atom is 0.323 e. The number of aryl methyl sites for hydroxylation is 2. The number of nitrogen functional groups attached to an aromatic ring is 3. The Morgan fingerprint density at radius 2 is 1.13 bits per heavy atom. The molecular weight excluding hydrogens is 1090 g/mol. The molecule has 0 saturated heterocycles. The van der Waals surface area contributed by atoms with Crippen molar-refractivity contribution in [2.24, 2.45) is 23.1 Å². The third-order valence-electron chi connectivity index (χ3n) is 13.5. The van der Waals surface area contributed by atoms with Crippen LogP contribution in [-0.4, -0.2) is 93.2 Å². The van der Waals surface area contributed by atoms with Crippen molar-refractivity contribution in [3.8, 4) is 5.75 Å². The van der Waals surface area contributed by atoms with Crippen molar-refractivity contribution >= 4 is 87.5 Å². The number of hydrogen-bond acceptors (Lipinski definition) is 11. The fourth-order valence-electron chi connectivity index (χ4n) is 9.21. The van der Waals surface area contributed by atoms with Gasteiger partial charge in [0.2, 0.25) is 0 Å². The number of amidine groups is 3. The zero-order valence-corrected chi connectivity index (χ0v) is 44.4. The Labute approximate surface area is 471 Å². The number of nitrogens with two attached hydrogens (primary N) is 3. The van der Waals surface area contributed by atoms with Gasteiger partial charge in [0, 0.05) is 57.3 Å². The molecule has 2 aliphatic heterocycles. The summed E-state index contributed by atoms with van der Waals surface area (Å²) in [7, 11) is 0. The van der Waals surface area contributed by atoms with Crippen LogP contribution >= 0.6 is 11.6 Å². The molecule has 0 radical (unpaired) electrons. The van der Waals surface area contributed by atoms with E-state index in [1.807, 2.05) is 18.2 Å². The molecule has 9 rings (SSSR count). The minimum atomic E-state index is -1.16. The number of aliphatic carboxylic acids is 2. The predicted molar refractivity (Wildman–Crippen MR) is 299 cm³/mol. The summed E-state index contributed by atoms with van der Waals surface area (Å²) in [6.07, 6.45) is 4.19. The van der Waals surface area contributed by atoms with Crippen LogP contribution in [0.2, 0.25) is 5.02 Å². The highest BCUT2D eigenvalue weighted by atomic mass is 35.5. The largest absolute Gasteiger partial charge is 0.490 e. The molecular formula is C58H54ClF3N10O10. The number of carboxylic acid groups (broad SMARTS) is 2. The van der Waals surface area contributed by atoms with Crippen molar-refractivity contribution in [1.29, 1.82) is 16.2 Å². The Morgan fingerprint density at radius 1 is 0.622 bits per heavy atom. The van der Waals surface area contributed by atoms with Gasteiger partial charge in [0.05, 0.1) is 28.7 Å². The second-order valence-electron chi connectivity index (χ2n) is 19.1. The smallest absolute Gasteiger partial charge is 0.323 e. The lowest BCUT2D eigenvalue weighted by molar-refractivity contribution is -0.138. The van der Waals surface area contributed by atoms with E-state index in [-0.39, 0.29) is 82.3 Å². The second-order valence-corrected chi connectivity index (χ2v) is 19.5. The molecule has 0 aromatic heterocycles. The SMILES string of the molecule is CCC1CCc2cc(NC(=O)c3ccc(C(=N)N)cc3Cl)ccc2O1.N=C(N)c1cc(F)c(C(=O)Nc2ccc3c(c2)CCC(CC(=O)O)C3=O)c(F)c1.N=C(N)c1ccc(C(=O)Nc2ccc3c(c2)CCN(CC(=O)O)C3=O)c(F)c1. The van der Waals surface area contributed by atoms with E-state index >= 15 is 0 Å². The van der Waals surface area contributed by atoms with E-state index in [2.05, 4.69) is 22.9 Å². The molecule has 82 heavy (non-hydrogen) atoms. The molecule has 2 unspecified atom stereocenters. The van der Waals surface area contributed by atoms with Gasteiger partial charge < -0.3 is 53.0 Å². The molecule has 0 bridgehead atoms. The molecule has 0 spiro atoms. The first kappa shape index (κ1) is 59.8. The number of anilines is 3. The normalized spacial score (nSPS) is 14.8. The van der Waals surface area contributed by atoms with Gasteiger partial charge in [-0.15, -0.1) is 0 Å². The minimum Gasteiger partial charge on any atom is -0.490 e. The minimum absolute atomic E-state index is 0.0890. The Kier molecular flexibility index (Phi) is 18.9. The van der Waals surface area contributed by atoms with E-state index < -0.39 is 58.5 Å². The second kappa shape index (κ2) is 25.9. The predicted octanol–water partition coefficient (Wildman–Crippen LogP) is 8.15. The molecule has 6 aromatic rings. The van der Waals surface area contributed by atoms with E-state index in [0.29, 0.717) is 64.0 Å². The number of nitrogens with zero attached hydrogens (tertiary/aromatic N) is 1. The summed E-state index contributed by atoms with van der Waals surface area (Å²) in [6, 6.07) is 24.6. The van der Waals surface area contributed by atoms with Crippen molar-refractivity contribution < 1.29 is 61.7 Å². The number of Topliss-reactive ketones (excluding diaryl/α,β-unsaturated/α-hetero) is 1. The van der Waals surface area contributed by atoms with Crippen molar-refractivity contribution in [1.82, 2.24) is 4.90 Å². The first-order chi connectivity index (χ1) is 38.9. The highest BCUT2D eigenvalue weighted by Gasteiger charge is 2.31. The fourth-order valence-corrected chi connectivity index (χ4v) is 9.48. The first-order valence-corrected chi connectivity index (χ1v) is 25.7. The van der Waals surface area contributed by atoms with E-state index in [1.54, 1.807) is 18.2 Å². The maximum atomic E-state index is 14.2. The third-order valence-corrected chi connectivity index (χ3v) is 13.8. The number of rotatable bonds is 14. The Hall–Kier alpha value is -9.90. The van der Waals surface area contributed by atoms with Gasteiger partial charge in [-0.05, 0) is 146 Å². The van der Waals surface area contributed by atoms with Gasteiger partial charge >= 0.3 is 11.9 Å². The van der Waals surface area contributed by atoms with Crippen LogP contribution in [0.3, 0.4) is 0 Å². The third kappa shape index (κ3) is 14.5. The first-order valence-electron chi connectivity index (χ1n) is 25.3. The average Bonchev–Trinajstić information content (AvgIpc) is 3.62. The highest BCUT2D eigenvalue weighted by Crippen LogP contribution is 2.33. The summed E-state index contributed by atoms with van der Waals surface area (Å²) in [5.74, 6) is -8.54. The highest BCUT2D eigenvalue weighted by molar-refractivity contribution is 6.35. The number of ether oxygens (including phenoxy) is 1. The van der Waals surface area contributed by atoms with Crippen LogP contribution in [0.1, 0.15) is 118 Å². The molecule has 4 amide bonds. The van der Waals surface area contributed by atoms with Crippen molar-refractivity contribution in [2.45, 2.75) is 58.0 Å². The summed E-state index contributed by atoms with van der Waals surface area (Å²) in [5, 5.41) is 47.8. The number of carbonyl (C=O) groups excluding carboxylic acids is 5. The number of amides is 4. The average molecular weight is 1140 g/mol. The summed E-state index contributed by atoms with van der Waals surface area (Å²) in [6.45, 7) is 2.01. The molecule has 1 aliphatic carbocycles. The Balaban J connectivity index is 0.000000178. The number of halogens is 4. The molecule has 424 valence electrons. The number of ketones is 1. The Morgan fingerprint density at radius 3 is 1.70 bits per heavy atom. The number of fused-ring (bicyclic) bond motifs is 3. The number of nitrogens with one attached hydrogen (secondary N) is 6. The monoisotopic (exact) mass is 1140 g/mol. The van der Waals surface area contributed by atoms with Crippen molar-refractivity contribution in [3.63, 3.8) is 0 Å². The van der Waals surface area contributed by atoms with Crippen molar-refractivity contribution in [2.75, 3.05) is 29.0 Å². The zero-order chi connectivity index (χ0) is 59.7. The summed E-state index contributed by atoms with van der Waals surface area (Å²) >= 11 is 6.15. The van der Waals surface area contributed by atoms with Crippen LogP contribution in [0.4, 0.5) is 30.2 Å². The lowest BCUT2D eigenvalue weighted by Gasteiger charge is -2.27. The number of benzene rings is 6. The van der Waals surface area contributed by atoms with Gasteiger partial charge in [-0.1, -0.05) is 30.7 Å². The molecule has 24 heteroatoms. The topological polar surface area (TPSA) is 358 Å². The van der Waals surface area contributed by atoms with Gasteiger partial charge in [0.1, 0.15) is 52.8 Å². The molecule has 2 heterocycles. The van der Waals surface area contributed by atoms with Crippen LogP contribution < -0.4 is 37.9 Å². The lowest BCUT2D eigenvalue weighted by atomic mass is 9.81. The number of hydrogen-bond donors (Lipinski definition) is 11. The zero-order valence-electron chi connectivity index (χ0n) is 43.7. The molecule has 0 saturated carbocycles. The molecule has 20 nitrogen and oxygen atoms in total. The van der Waals surface area contributed by atoms with Crippen LogP contribution in [0.25, 0.3) is 0 Å². The van der Waals surface area contributed by atoms with Crippen LogP contribution in [0.15, 0.2) is 103 Å². The van der Waals surface area contributed by atoms with Crippen molar-refractivity contribution in [3.05, 3.63) is 187 Å². The summed E-state index contributed by atoms with van der Waals surface area (Å²) in [4.78, 5) is 84.8. The van der Waals surface area contributed by atoms with Crippen LogP contribution in [0, 0.1) is 39.6 Å². The van der Waals surface area contributed by atoms with Crippen LogP contribution in [-0.2, 0) is 28.9 Å². The molecule has 2 atom stereocenters. The van der Waals surface area contributed by atoms with E-state index in [1.165, 1.54) is 53.4 Å². The standard InChI is InChI=1S/C20H17F2N3O4.C19H20ClN3O2.C19H17FN4O4/c21-14-6-11(19(23)24)7-15(22)17(14)20(29)25-12-3-4-13-9(5-12)1-2-10(18(13)28)8-16(26)27;1-2-14-6-3-11-9-13(5-8-17(11)25-14)23-19(24)15-7-4-12(18(21)22)10-16(15)20;20-15-8-11(17(21)22)1-3-14(15)18(27)23-12-2-4-13-10(7-12)5-6-24(19(13)28)9-16(25)26/h3-7,10H,1-2,8H2,(H3,23,24)(H,25,29)(H,26,27);4-5,7-10,14H,2-3,6H2,1H3,(H3,21,22)(H,23,24);1-4,7-8H,5-6,9H2,(H3,21,22)(H,23,27)(H,25,26). The maximum absolute atomic E-state index is 14.2.